The fraction of sp³-hybridized carbons (Fsp3) is 0.143. The quantitative estimate of drug-likeness (QED) is 0.612. The highest BCUT2D eigenvalue weighted by Gasteiger charge is 2.14. The Morgan fingerprint density at radius 2 is 1.60 bits per heavy atom. The lowest BCUT2D eigenvalue weighted by molar-refractivity contribution is 0.628. The molecule has 1 N–H and O–H groups in total. The van der Waals surface area contributed by atoms with Crippen molar-refractivity contribution < 1.29 is 4.39 Å². The molecule has 0 heterocycles. The molecule has 2 aromatic carbocycles. The third-order valence-corrected chi connectivity index (χ3v) is 4.45. The molecule has 0 spiro atoms. The molecule has 0 aromatic heterocycles. The first kappa shape index (κ1) is 15.7. The van der Waals surface area contributed by atoms with Crippen LogP contribution in [0.3, 0.4) is 0 Å². The molecule has 0 saturated carbocycles. The minimum atomic E-state index is -0.482. The van der Waals surface area contributed by atoms with Gasteiger partial charge >= 0.3 is 0 Å². The molecule has 0 radical (unpaired) electrons. The smallest absolute Gasteiger partial charge is 0.143 e. The molecular formula is C14H10Cl4FN. The van der Waals surface area contributed by atoms with Gasteiger partial charge in [0.1, 0.15) is 5.82 Å². The average molecular weight is 353 g/mol. The van der Waals surface area contributed by atoms with Crippen molar-refractivity contribution in [2.75, 3.05) is 5.32 Å². The van der Waals surface area contributed by atoms with E-state index >= 15 is 0 Å². The normalized spacial score (nSPS) is 12.3. The summed E-state index contributed by atoms with van der Waals surface area (Å²) in [5.41, 5.74) is 1.37. The molecule has 0 amide bonds. The Hall–Kier alpha value is -0.670. The number of anilines is 1. The summed E-state index contributed by atoms with van der Waals surface area (Å²) in [4.78, 5) is 0. The molecule has 1 unspecified atom stereocenters. The highest BCUT2D eigenvalue weighted by Crippen LogP contribution is 2.36. The summed E-state index contributed by atoms with van der Waals surface area (Å²) in [6.45, 7) is 1.89. The Bertz CT molecular complexity index is 645. The van der Waals surface area contributed by atoms with Gasteiger partial charge in [0.25, 0.3) is 0 Å². The first-order valence-electron chi connectivity index (χ1n) is 5.75. The van der Waals surface area contributed by atoms with E-state index in [1.165, 1.54) is 12.1 Å². The van der Waals surface area contributed by atoms with Crippen LogP contribution in [0.1, 0.15) is 18.5 Å². The summed E-state index contributed by atoms with van der Waals surface area (Å²) in [5, 5.41) is 4.29. The second kappa shape index (κ2) is 6.40. The van der Waals surface area contributed by atoms with Crippen molar-refractivity contribution in [3.05, 3.63) is 61.8 Å². The molecule has 0 aliphatic carbocycles. The highest BCUT2D eigenvalue weighted by atomic mass is 35.5. The van der Waals surface area contributed by atoms with E-state index in [0.29, 0.717) is 20.8 Å². The zero-order chi connectivity index (χ0) is 14.9. The Morgan fingerprint density at radius 1 is 0.950 bits per heavy atom. The lowest BCUT2D eigenvalue weighted by Gasteiger charge is -2.18. The molecular weight excluding hydrogens is 343 g/mol. The molecule has 0 aliphatic heterocycles. The fourth-order valence-corrected chi connectivity index (χ4v) is 2.61. The second-order valence-corrected chi connectivity index (χ2v) is 5.83. The van der Waals surface area contributed by atoms with Crippen LogP contribution in [-0.4, -0.2) is 0 Å². The van der Waals surface area contributed by atoms with Crippen molar-refractivity contribution in [2.45, 2.75) is 13.0 Å². The van der Waals surface area contributed by atoms with Gasteiger partial charge in [-0.05, 0) is 36.8 Å². The zero-order valence-electron chi connectivity index (χ0n) is 10.4. The Morgan fingerprint density at radius 3 is 2.25 bits per heavy atom. The van der Waals surface area contributed by atoms with Crippen LogP contribution in [0.2, 0.25) is 20.1 Å². The predicted molar refractivity (Wildman–Crippen MR) is 84.9 cm³/mol. The number of nitrogens with one attached hydrogen (secondary N) is 1. The van der Waals surface area contributed by atoms with Crippen molar-refractivity contribution in [2.24, 2.45) is 0 Å². The molecule has 0 saturated heterocycles. The van der Waals surface area contributed by atoms with E-state index in [9.17, 15) is 4.39 Å². The van der Waals surface area contributed by atoms with E-state index in [2.05, 4.69) is 5.32 Å². The summed E-state index contributed by atoms with van der Waals surface area (Å²) in [7, 11) is 0. The minimum Gasteiger partial charge on any atom is -0.378 e. The SMILES string of the molecule is CC(Nc1ccc(Cl)c(F)c1)c1ccc(Cl)c(Cl)c1Cl. The maximum Gasteiger partial charge on any atom is 0.143 e. The summed E-state index contributed by atoms with van der Waals surface area (Å²) in [6, 6.07) is 7.78. The van der Waals surface area contributed by atoms with E-state index in [0.717, 1.165) is 5.56 Å². The first-order valence-corrected chi connectivity index (χ1v) is 7.26. The van der Waals surface area contributed by atoms with Gasteiger partial charge in [0.05, 0.1) is 26.1 Å². The van der Waals surface area contributed by atoms with Gasteiger partial charge in [0.2, 0.25) is 0 Å². The minimum absolute atomic E-state index is 0.0794. The molecule has 1 nitrogen and oxygen atoms in total. The van der Waals surface area contributed by atoms with Gasteiger partial charge in [-0.15, -0.1) is 0 Å². The van der Waals surface area contributed by atoms with E-state index < -0.39 is 5.82 Å². The summed E-state index contributed by atoms with van der Waals surface area (Å²) in [5.74, 6) is -0.482. The van der Waals surface area contributed by atoms with Crippen molar-refractivity contribution in [1.29, 1.82) is 0 Å². The van der Waals surface area contributed by atoms with Crippen molar-refractivity contribution in [3.63, 3.8) is 0 Å². The van der Waals surface area contributed by atoms with Gasteiger partial charge in [-0.1, -0.05) is 52.5 Å². The lowest BCUT2D eigenvalue weighted by Crippen LogP contribution is -2.07. The maximum absolute atomic E-state index is 13.4. The van der Waals surface area contributed by atoms with Crippen LogP contribution in [0.5, 0.6) is 0 Å². The van der Waals surface area contributed by atoms with Crippen molar-refractivity contribution in [3.8, 4) is 0 Å². The molecule has 0 fully saturated rings. The van der Waals surface area contributed by atoms with Crippen molar-refractivity contribution >= 4 is 52.1 Å². The molecule has 0 aliphatic rings. The standard InChI is InChI=1S/C14H10Cl4FN/c1-7(9-3-5-11(16)14(18)13(9)17)20-8-2-4-10(15)12(19)6-8/h2-7,20H,1H3. The molecule has 2 aromatic rings. The third kappa shape index (κ3) is 3.32. The molecule has 20 heavy (non-hydrogen) atoms. The Labute approximate surface area is 136 Å². The van der Waals surface area contributed by atoms with Crippen LogP contribution in [0.25, 0.3) is 0 Å². The number of hydrogen-bond acceptors (Lipinski definition) is 1. The lowest BCUT2D eigenvalue weighted by atomic mass is 10.1. The average Bonchev–Trinajstić information content (AvgIpc) is 2.40. The maximum atomic E-state index is 13.4. The van der Waals surface area contributed by atoms with Gasteiger partial charge in [-0.3, -0.25) is 0 Å². The topological polar surface area (TPSA) is 12.0 Å². The van der Waals surface area contributed by atoms with Crippen LogP contribution in [0.15, 0.2) is 30.3 Å². The Kier molecular flexibility index (Phi) is 5.03. The number of halogens is 5. The van der Waals surface area contributed by atoms with Crippen LogP contribution >= 0.6 is 46.4 Å². The fourth-order valence-electron chi connectivity index (χ4n) is 1.79. The van der Waals surface area contributed by atoms with Gasteiger partial charge in [0, 0.05) is 5.69 Å². The predicted octanol–water partition coefficient (Wildman–Crippen LogP) is 6.61. The summed E-state index contributed by atoms with van der Waals surface area (Å²) >= 11 is 23.7. The molecule has 6 heteroatoms. The summed E-state index contributed by atoms with van der Waals surface area (Å²) in [6.07, 6.45) is 0. The van der Waals surface area contributed by atoms with E-state index in [1.54, 1.807) is 18.2 Å². The van der Waals surface area contributed by atoms with Gasteiger partial charge in [-0.25, -0.2) is 4.39 Å². The number of rotatable bonds is 3. The van der Waals surface area contributed by atoms with Gasteiger partial charge in [0.15, 0.2) is 0 Å². The van der Waals surface area contributed by atoms with Crippen molar-refractivity contribution in [1.82, 2.24) is 0 Å². The van der Waals surface area contributed by atoms with Crippen LogP contribution in [-0.2, 0) is 0 Å². The molecule has 0 bridgehead atoms. The molecule has 106 valence electrons. The Balaban J connectivity index is 2.26. The highest BCUT2D eigenvalue weighted by molar-refractivity contribution is 6.48. The third-order valence-electron chi connectivity index (χ3n) is 2.83. The largest absolute Gasteiger partial charge is 0.378 e. The van der Waals surface area contributed by atoms with Crippen LogP contribution < -0.4 is 5.32 Å². The molecule has 2 rings (SSSR count). The van der Waals surface area contributed by atoms with E-state index in [4.69, 9.17) is 46.4 Å². The number of benzene rings is 2. The van der Waals surface area contributed by atoms with Gasteiger partial charge < -0.3 is 5.32 Å². The molecule has 1 atom stereocenters. The monoisotopic (exact) mass is 351 g/mol. The van der Waals surface area contributed by atoms with Crippen LogP contribution in [0, 0.1) is 5.82 Å². The second-order valence-electron chi connectivity index (χ2n) is 4.26. The van der Waals surface area contributed by atoms with E-state index in [1.807, 2.05) is 6.92 Å². The number of hydrogen-bond donors (Lipinski definition) is 1. The zero-order valence-corrected chi connectivity index (χ0v) is 13.4. The first-order chi connectivity index (χ1) is 9.40. The van der Waals surface area contributed by atoms with E-state index in [-0.39, 0.29) is 11.1 Å². The summed E-state index contributed by atoms with van der Waals surface area (Å²) < 4.78 is 13.4. The van der Waals surface area contributed by atoms with Gasteiger partial charge in [-0.2, -0.15) is 0 Å². The van der Waals surface area contributed by atoms with Crippen LogP contribution in [0.4, 0.5) is 10.1 Å².